The second-order valence-corrected chi connectivity index (χ2v) is 4.34. The van der Waals surface area contributed by atoms with Crippen LogP contribution in [0.2, 0.25) is 0 Å². The molecular weight excluding hydrogens is 220 g/mol. The minimum Gasteiger partial charge on any atom is -0.237 e. The normalized spacial score (nSPS) is 10.7. The van der Waals surface area contributed by atoms with E-state index in [1.165, 1.54) is 5.56 Å². The highest BCUT2D eigenvalue weighted by Gasteiger charge is 1.99. The summed E-state index contributed by atoms with van der Waals surface area (Å²) in [6.45, 7) is 0. The zero-order valence-electron chi connectivity index (χ0n) is 10.1. The first-order valence-electron chi connectivity index (χ1n) is 6.16. The van der Waals surface area contributed by atoms with Crippen LogP contribution in [0.15, 0.2) is 60.8 Å². The van der Waals surface area contributed by atoms with Crippen molar-refractivity contribution >= 4 is 11.0 Å². The average molecular weight is 234 g/mol. The topological polar surface area (TPSA) is 25.8 Å². The van der Waals surface area contributed by atoms with Gasteiger partial charge in [-0.05, 0) is 42.7 Å². The van der Waals surface area contributed by atoms with Crippen LogP contribution in [-0.2, 0) is 12.8 Å². The molecule has 0 radical (unpaired) electrons. The van der Waals surface area contributed by atoms with E-state index in [9.17, 15) is 0 Å². The van der Waals surface area contributed by atoms with Gasteiger partial charge in [0.15, 0.2) is 5.65 Å². The summed E-state index contributed by atoms with van der Waals surface area (Å²) in [6.07, 6.45) is 3.76. The van der Waals surface area contributed by atoms with E-state index in [1.807, 2.05) is 18.2 Å². The van der Waals surface area contributed by atoms with Gasteiger partial charge in [0.1, 0.15) is 0 Å². The number of rotatable bonds is 3. The fourth-order valence-corrected chi connectivity index (χ4v) is 2.05. The van der Waals surface area contributed by atoms with Gasteiger partial charge in [-0.15, -0.1) is 0 Å². The summed E-state index contributed by atoms with van der Waals surface area (Å²) in [4.78, 5) is 8.86. The van der Waals surface area contributed by atoms with Gasteiger partial charge in [-0.2, -0.15) is 0 Å². The lowest BCUT2D eigenvalue weighted by Gasteiger charge is -2.02. The average Bonchev–Trinajstić information content (AvgIpc) is 2.46. The first-order chi connectivity index (χ1) is 8.92. The molecule has 2 heteroatoms. The van der Waals surface area contributed by atoms with Crippen molar-refractivity contribution in [2.75, 3.05) is 0 Å². The van der Waals surface area contributed by atoms with Crippen molar-refractivity contribution in [1.82, 2.24) is 9.97 Å². The monoisotopic (exact) mass is 234 g/mol. The molecule has 2 nitrogen and oxygen atoms in total. The molecule has 0 aliphatic heterocycles. The van der Waals surface area contributed by atoms with E-state index in [0.717, 1.165) is 29.6 Å². The molecule has 2 aromatic heterocycles. The van der Waals surface area contributed by atoms with Crippen LogP contribution in [0.5, 0.6) is 0 Å². The zero-order valence-corrected chi connectivity index (χ0v) is 10.1. The van der Waals surface area contributed by atoms with Gasteiger partial charge in [-0.3, -0.25) is 0 Å². The molecule has 0 fully saturated rings. The van der Waals surface area contributed by atoms with Gasteiger partial charge in [0, 0.05) is 17.3 Å². The van der Waals surface area contributed by atoms with Gasteiger partial charge >= 0.3 is 0 Å². The van der Waals surface area contributed by atoms with Crippen LogP contribution in [0, 0.1) is 0 Å². The highest BCUT2D eigenvalue weighted by Crippen LogP contribution is 2.11. The molecule has 0 aliphatic rings. The van der Waals surface area contributed by atoms with Crippen LogP contribution >= 0.6 is 0 Å². The summed E-state index contributed by atoms with van der Waals surface area (Å²) in [5, 5.41) is 1.10. The summed E-state index contributed by atoms with van der Waals surface area (Å²) in [6, 6.07) is 18.7. The van der Waals surface area contributed by atoms with Gasteiger partial charge in [-0.25, -0.2) is 9.97 Å². The van der Waals surface area contributed by atoms with Crippen LogP contribution in [0.25, 0.3) is 11.0 Å². The van der Waals surface area contributed by atoms with Crippen molar-refractivity contribution < 1.29 is 0 Å². The molecule has 0 N–H and O–H groups in total. The molecule has 18 heavy (non-hydrogen) atoms. The summed E-state index contributed by atoms with van der Waals surface area (Å²) in [7, 11) is 0. The molecule has 0 saturated carbocycles. The number of aryl methyl sites for hydroxylation is 2. The van der Waals surface area contributed by atoms with Crippen molar-refractivity contribution in [1.29, 1.82) is 0 Å². The predicted molar refractivity (Wildman–Crippen MR) is 73.4 cm³/mol. The molecule has 0 atom stereocenters. The fourth-order valence-electron chi connectivity index (χ4n) is 2.05. The van der Waals surface area contributed by atoms with Crippen molar-refractivity contribution in [2.45, 2.75) is 12.8 Å². The van der Waals surface area contributed by atoms with Gasteiger partial charge in [0.2, 0.25) is 0 Å². The Bertz CT molecular complexity index is 647. The standard InChI is InChI=1S/C16H14N2/c1-2-5-13(6-3-1)8-10-15-11-9-14-7-4-12-17-16(14)18-15/h1-7,9,11-12H,8,10H2. The Morgan fingerprint density at radius 2 is 1.67 bits per heavy atom. The number of nitrogens with zero attached hydrogens (tertiary/aromatic N) is 2. The van der Waals surface area contributed by atoms with E-state index in [-0.39, 0.29) is 0 Å². The second-order valence-electron chi connectivity index (χ2n) is 4.34. The van der Waals surface area contributed by atoms with Crippen LogP contribution < -0.4 is 0 Å². The molecule has 0 amide bonds. The molecule has 0 bridgehead atoms. The molecule has 3 aromatic rings. The Hall–Kier alpha value is -2.22. The zero-order chi connectivity index (χ0) is 12.2. The third kappa shape index (κ3) is 2.38. The molecule has 3 rings (SSSR count). The van der Waals surface area contributed by atoms with Gasteiger partial charge in [0.05, 0.1) is 0 Å². The highest BCUT2D eigenvalue weighted by molar-refractivity contribution is 5.74. The maximum absolute atomic E-state index is 4.58. The number of pyridine rings is 2. The highest BCUT2D eigenvalue weighted by atomic mass is 14.8. The van der Waals surface area contributed by atoms with Crippen LogP contribution in [0.1, 0.15) is 11.3 Å². The Labute approximate surface area is 106 Å². The lowest BCUT2D eigenvalue weighted by Crippen LogP contribution is -1.95. The van der Waals surface area contributed by atoms with Gasteiger partial charge < -0.3 is 0 Å². The minimum atomic E-state index is 0.836. The van der Waals surface area contributed by atoms with Gasteiger partial charge in [-0.1, -0.05) is 30.3 Å². The van der Waals surface area contributed by atoms with E-state index in [2.05, 4.69) is 46.4 Å². The van der Waals surface area contributed by atoms with Crippen molar-refractivity contribution in [3.63, 3.8) is 0 Å². The number of hydrogen-bond donors (Lipinski definition) is 0. The number of hydrogen-bond acceptors (Lipinski definition) is 2. The van der Waals surface area contributed by atoms with E-state index in [4.69, 9.17) is 0 Å². The van der Waals surface area contributed by atoms with E-state index < -0.39 is 0 Å². The molecule has 2 heterocycles. The quantitative estimate of drug-likeness (QED) is 0.694. The first kappa shape index (κ1) is 10.9. The molecule has 88 valence electrons. The molecule has 0 aliphatic carbocycles. The van der Waals surface area contributed by atoms with Crippen molar-refractivity contribution in [2.24, 2.45) is 0 Å². The Morgan fingerprint density at radius 3 is 2.56 bits per heavy atom. The van der Waals surface area contributed by atoms with E-state index >= 15 is 0 Å². The molecule has 0 unspecified atom stereocenters. The van der Waals surface area contributed by atoms with Crippen LogP contribution in [0.3, 0.4) is 0 Å². The minimum absolute atomic E-state index is 0.836. The lowest BCUT2D eigenvalue weighted by molar-refractivity contribution is 0.919. The van der Waals surface area contributed by atoms with Crippen molar-refractivity contribution in [3.8, 4) is 0 Å². The smallest absolute Gasteiger partial charge is 0.159 e. The fraction of sp³-hybridized carbons (Fsp3) is 0.125. The largest absolute Gasteiger partial charge is 0.237 e. The van der Waals surface area contributed by atoms with E-state index in [1.54, 1.807) is 6.20 Å². The Balaban J connectivity index is 1.79. The summed E-state index contributed by atoms with van der Waals surface area (Å²) >= 11 is 0. The molecule has 1 aromatic carbocycles. The van der Waals surface area contributed by atoms with Crippen LogP contribution in [-0.4, -0.2) is 9.97 Å². The number of benzene rings is 1. The van der Waals surface area contributed by atoms with Crippen LogP contribution in [0.4, 0.5) is 0 Å². The van der Waals surface area contributed by atoms with Crippen molar-refractivity contribution in [3.05, 3.63) is 72.1 Å². The molecular formula is C16H14N2. The van der Waals surface area contributed by atoms with E-state index in [0.29, 0.717) is 0 Å². The summed E-state index contributed by atoms with van der Waals surface area (Å²) < 4.78 is 0. The molecule has 0 spiro atoms. The predicted octanol–water partition coefficient (Wildman–Crippen LogP) is 3.42. The number of aromatic nitrogens is 2. The Kier molecular flexibility index (Phi) is 3.01. The SMILES string of the molecule is c1ccc(CCc2ccc3cccnc3n2)cc1. The summed E-state index contributed by atoms with van der Waals surface area (Å²) in [5.74, 6) is 0. The van der Waals surface area contributed by atoms with Gasteiger partial charge in [0.25, 0.3) is 0 Å². The third-order valence-corrected chi connectivity index (χ3v) is 3.03. The maximum Gasteiger partial charge on any atom is 0.159 e. The Morgan fingerprint density at radius 1 is 0.778 bits per heavy atom. The molecule has 0 saturated heterocycles. The number of fused-ring (bicyclic) bond motifs is 1. The first-order valence-corrected chi connectivity index (χ1v) is 6.16. The third-order valence-electron chi connectivity index (χ3n) is 3.03. The maximum atomic E-state index is 4.58. The summed E-state index contributed by atoms with van der Waals surface area (Å²) in [5.41, 5.74) is 3.29. The second kappa shape index (κ2) is 4.96. The lowest BCUT2D eigenvalue weighted by atomic mass is 10.1.